The molecule has 0 aromatic heterocycles. The highest BCUT2D eigenvalue weighted by molar-refractivity contribution is 14.0. The number of amides is 1. The molecule has 30 heavy (non-hydrogen) atoms. The third kappa shape index (κ3) is 6.35. The van der Waals surface area contributed by atoms with Gasteiger partial charge in [-0.05, 0) is 36.2 Å². The minimum absolute atomic E-state index is 0. The summed E-state index contributed by atoms with van der Waals surface area (Å²) in [5.74, 6) is 0.926. The number of hydrogen-bond acceptors (Lipinski definition) is 2. The molecule has 1 atom stereocenters. The molecule has 0 spiro atoms. The van der Waals surface area contributed by atoms with Crippen LogP contribution in [0, 0.1) is 0 Å². The molecule has 7 heteroatoms. The predicted octanol–water partition coefficient (Wildman–Crippen LogP) is 4.92. The number of fused-ring (bicyclic) bond motifs is 1. The Kier molecular flexibility index (Phi) is 8.97. The lowest BCUT2D eigenvalue weighted by atomic mass is 9.85. The van der Waals surface area contributed by atoms with Gasteiger partial charge >= 0.3 is 0 Å². The first-order valence-corrected chi connectivity index (χ1v) is 10.4. The Morgan fingerprint density at radius 2 is 1.97 bits per heavy atom. The molecular formula is C23H30ClIN4O. The van der Waals surface area contributed by atoms with Gasteiger partial charge in [0.25, 0.3) is 0 Å². The van der Waals surface area contributed by atoms with Gasteiger partial charge in [-0.1, -0.05) is 55.8 Å². The van der Waals surface area contributed by atoms with Crippen molar-refractivity contribution in [2.75, 3.05) is 25.0 Å². The fourth-order valence-electron chi connectivity index (χ4n) is 3.52. The van der Waals surface area contributed by atoms with Gasteiger partial charge in [-0.2, -0.15) is 0 Å². The smallest absolute Gasteiger partial charge is 0.225 e. The van der Waals surface area contributed by atoms with Crippen molar-refractivity contribution in [2.45, 2.75) is 38.5 Å². The SMILES string of the molecule is CCNC(=NCC(C)(C)c1cccc(Cl)c1)NCC1CC(=O)Nc2ccccc21.I. The monoisotopic (exact) mass is 540 g/mol. The minimum atomic E-state index is -0.148. The molecule has 0 fully saturated rings. The van der Waals surface area contributed by atoms with E-state index in [9.17, 15) is 4.79 Å². The number of aliphatic imine (C=N–C) groups is 1. The average Bonchev–Trinajstić information content (AvgIpc) is 2.69. The summed E-state index contributed by atoms with van der Waals surface area (Å²) in [7, 11) is 0. The van der Waals surface area contributed by atoms with Crippen LogP contribution in [-0.2, 0) is 10.2 Å². The van der Waals surface area contributed by atoms with Crippen LogP contribution in [0.15, 0.2) is 53.5 Å². The van der Waals surface area contributed by atoms with Gasteiger partial charge < -0.3 is 16.0 Å². The van der Waals surface area contributed by atoms with E-state index in [4.69, 9.17) is 16.6 Å². The van der Waals surface area contributed by atoms with Crippen LogP contribution in [0.2, 0.25) is 5.02 Å². The van der Waals surface area contributed by atoms with E-state index in [1.54, 1.807) is 0 Å². The standard InChI is InChI=1S/C23H29ClN4O.HI/c1-4-25-22(27-15-23(2,3)17-8-7-9-18(24)13-17)26-14-16-12-21(29)28-20-11-6-5-10-19(16)20;/h5-11,13,16H,4,12,14-15H2,1-3H3,(H,28,29)(H2,25,26,27);1H. The highest BCUT2D eigenvalue weighted by atomic mass is 127. The van der Waals surface area contributed by atoms with E-state index < -0.39 is 0 Å². The van der Waals surface area contributed by atoms with Gasteiger partial charge in [0.15, 0.2) is 5.96 Å². The number of hydrogen-bond donors (Lipinski definition) is 3. The van der Waals surface area contributed by atoms with E-state index >= 15 is 0 Å². The number of para-hydroxylation sites is 1. The molecule has 162 valence electrons. The van der Waals surface area contributed by atoms with Crippen LogP contribution in [0.5, 0.6) is 0 Å². The highest BCUT2D eigenvalue weighted by Crippen LogP contribution is 2.31. The number of anilines is 1. The number of nitrogens with zero attached hydrogens (tertiary/aromatic N) is 1. The van der Waals surface area contributed by atoms with E-state index in [1.807, 2.05) is 43.3 Å². The molecular weight excluding hydrogens is 511 g/mol. The van der Waals surface area contributed by atoms with Crippen molar-refractivity contribution in [3.8, 4) is 0 Å². The maximum atomic E-state index is 12.1. The molecule has 2 aromatic carbocycles. The predicted molar refractivity (Wildman–Crippen MR) is 136 cm³/mol. The molecule has 5 nitrogen and oxygen atoms in total. The molecule has 2 aromatic rings. The van der Waals surface area contributed by atoms with Crippen LogP contribution in [0.4, 0.5) is 5.69 Å². The van der Waals surface area contributed by atoms with Gasteiger partial charge in [-0.3, -0.25) is 9.79 Å². The van der Waals surface area contributed by atoms with Crippen molar-refractivity contribution < 1.29 is 4.79 Å². The van der Waals surface area contributed by atoms with E-state index in [-0.39, 0.29) is 41.2 Å². The summed E-state index contributed by atoms with van der Waals surface area (Å²) < 4.78 is 0. The van der Waals surface area contributed by atoms with Crippen molar-refractivity contribution in [1.29, 1.82) is 0 Å². The van der Waals surface area contributed by atoms with E-state index in [1.165, 1.54) is 0 Å². The fourth-order valence-corrected chi connectivity index (χ4v) is 3.71. The van der Waals surface area contributed by atoms with Crippen molar-refractivity contribution in [2.24, 2.45) is 4.99 Å². The number of guanidine groups is 1. The Labute approximate surface area is 201 Å². The summed E-state index contributed by atoms with van der Waals surface area (Å²) in [5, 5.41) is 10.4. The minimum Gasteiger partial charge on any atom is -0.357 e. The third-order valence-corrected chi connectivity index (χ3v) is 5.44. The van der Waals surface area contributed by atoms with Gasteiger partial charge in [0, 0.05) is 41.6 Å². The lowest BCUT2D eigenvalue weighted by Crippen LogP contribution is -2.41. The molecule has 1 aliphatic heterocycles. The zero-order chi connectivity index (χ0) is 20.9. The van der Waals surface area contributed by atoms with Gasteiger partial charge in [-0.15, -0.1) is 24.0 Å². The first-order chi connectivity index (χ1) is 13.9. The van der Waals surface area contributed by atoms with Crippen LogP contribution in [-0.4, -0.2) is 31.5 Å². The molecule has 0 radical (unpaired) electrons. The second kappa shape index (κ2) is 11.0. The van der Waals surface area contributed by atoms with E-state index in [0.717, 1.165) is 34.3 Å². The van der Waals surface area contributed by atoms with Crippen LogP contribution in [0.1, 0.15) is 44.2 Å². The maximum absolute atomic E-state index is 12.1. The summed E-state index contributed by atoms with van der Waals surface area (Å²) in [5.41, 5.74) is 3.07. The van der Waals surface area contributed by atoms with Crippen molar-refractivity contribution >= 4 is 53.1 Å². The number of nitrogens with one attached hydrogen (secondary N) is 3. The maximum Gasteiger partial charge on any atom is 0.225 e. The summed E-state index contributed by atoms with van der Waals surface area (Å²) in [6.45, 7) is 8.40. The first kappa shape index (κ1) is 24.5. The molecule has 3 rings (SSSR count). The summed E-state index contributed by atoms with van der Waals surface area (Å²) in [6.07, 6.45) is 0.470. The molecule has 1 heterocycles. The lowest BCUT2D eigenvalue weighted by molar-refractivity contribution is -0.116. The highest BCUT2D eigenvalue weighted by Gasteiger charge is 2.25. The number of benzene rings is 2. The molecule has 0 saturated carbocycles. The van der Waals surface area contributed by atoms with Crippen molar-refractivity contribution in [1.82, 2.24) is 10.6 Å². The topological polar surface area (TPSA) is 65.5 Å². The van der Waals surface area contributed by atoms with Gasteiger partial charge in [0.2, 0.25) is 5.91 Å². The lowest BCUT2D eigenvalue weighted by Gasteiger charge is -2.27. The van der Waals surface area contributed by atoms with Gasteiger partial charge in [0.1, 0.15) is 0 Å². The molecule has 3 N–H and O–H groups in total. The molecule has 1 aliphatic rings. The Hall–Kier alpha value is -1.80. The van der Waals surface area contributed by atoms with Crippen LogP contribution < -0.4 is 16.0 Å². The van der Waals surface area contributed by atoms with Crippen LogP contribution in [0.3, 0.4) is 0 Å². The molecule has 0 saturated heterocycles. The fraction of sp³-hybridized carbons (Fsp3) is 0.391. The van der Waals surface area contributed by atoms with Crippen molar-refractivity contribution in [3.63, 3.8) is 0 Å². The second-order valence-electron chi connectivity index (χ2n) is 8.01. The number of carbonyl (C=O) groups excluding carboxylic acids is 1. The quantitative estimate of drug-likeness (QED) is 0.277. The van der Waals surface area contributed by atoms with E-state index in [0.29, 0.717) is 19.5 Å². The molecule has 0 aliphatic carbocycles. The summed E-state index contributed by atoms with van der Waals surface area (Å²) in [6, 6.07) is 15.9. The van der Waals surface area contributed by atoms with Crippen molar-refractivity contribution in [3.05, 3.63) is 64.7 Å². The molecule has 1 unspecified atom stereocenters. The van der Waals surface area contributed by atoms with E-state index in [2.05, 4.69) is 41.9 Å². The molecule has 1 amide bonds. The normalized spacial score (nSPS) is 16.2. The average molecular weight is 541 g/mol. The number of carbonyl (C=O) groups is 1. The second-order valence-corrected chi connectivity index (χ2v) is 8.44. The Morgan fingerprint density at radius 1 is 1.20 bits per heavy atom. The Balaban J connectivity index is 0.00000320. The van der Waals surface area contributed by atoms with Gasteiger partial charge in [0.05, 0.1) is 6.54 Å². The molecule has 0 bridgehead atoms. The first-order valence-electron chi connectivity index (χ1n) is 10.1. The Bertz CT molecular complexity index is 900. The van der Waals surface area contributed by atoms with Crippen LogP contribution >= 0.6 is 35.6 Å². The van der Waals surface area contributed by atoms with Crippen LogP contribution in [0.25, 0.3) is 0 Å². The Morgan fingerprint density at radius 3 is 2.70 bits per heavy atom. The third-order valence-electron chi connectivity index (χ3n) is 5.21. The number of rotatable bonds is 6. The zero-order valence-corrected chi connectivity index (χ0v) is 20.8. The summed E-state index contributed by atoms with van der Waals surface area (Å²) in [4.78, 5) is 16.9. The largest absolute Gasteiger partial charge is 0.357 e. The summed E-state index contributed by atoms with van der Waals surface area (Å²) >= 11 is 6.16. The van der Waals surface area contributed by atoms with Gasteiger partial charge in [-0.25, -0.2) is 0 Å². The zero-order valence-electron chi connectivity index (χ0n) is 17.7. The number of halogens is 2.